The van der Waals surface area contributed by atoms with Gasteiger partial charge in [-0.2, -0.15) is 0 Å². The second kappa shape index (κ2) is 7.02. The Labute approximate surface area is 115 Å². The molecule has 0 aromatic rings. The van der Waals surface area contributed by atoms with Crippen LogP contribution in [0.25, 0.3) is 0 Å². The van der Waals surface area contributed by atoms with Crippen molar-refractivity contribution in [1.82, 2.24) is 3.94 Å². The highest BCUT2D eigenvalue weighted by molar-refractivity contribution is 6.34. The fourth-order valence-corrected chi connectivity index (χ4v) is 1.21. The first-order valence-corrected chi connectivity index (χ1v) is 5.66. The van der Waals surface area contributed by atoms with Crippen LogP contribution in [0.15, 0.2) is 0 Å². The molecule has 16 heavy (non-hydrogen) atoms. The van der Waals surface area contributed by atoms with Crippen LogP contribution < -0.4 is 12.4 Å². The van der Waals surface area contributed by atoms with E-state index < -0.39 is 5.54 Å². The Morgan fingerprint density at radius 1 is 1.25 bits per heavy atom. The molecule has 0 aliphatic carbocycles. The summed E-state index contributed by atoms with van der Waals surface area (Å²) in [6.45, 7) is 4.52. The van der Waals surface area contributed by atoms with Crippen LogP contribution in [0.5, 0.6) is 0 Å². The minimum absolute atomic E-state index is 0. The Hall–Kier alpha value is 0.460. The van der Waals surface area contributed by atoms with Gasteiger partial charge < -0.3 is 16.9 Å². The first kappa shape index (κ1) is 18.8. The molecule has 0 aliphatic rings. The van der Waals surface area contributed by atoms with Crippen LogP contribution in [0.1, 0.15) is 26.7 Å². The highest BCUT2D eigenvalue weighted by atomic mass is 35.5. The van der Waals surface area contributed by atoms with Crippen LogP contribution in [0, 0.1) is 0 Å². The molecule has 0 aliphatic heterocycles. The van der Waals surface area contributed by atoms with Gasteiger partial charge in [-0.25, -0.2) is 0 Å². The van der Waals surface area contributed by atoms with E-state index in [9.17, 15) is 4.79 Å². The van der Waals surface area contributed by atoms with Gasteiger partial charge in [-0.1, -0.05) is 0 Å². The SMILES string of the molecule is CC(C)(CC(=O)CC[N+](C)(C)C)N(Cl)Cl.[Cl-]. The number of Topliss-reactive ketones (excluding diaryl/α,β-unsaturated/α-hetero) is 1. The molecule has 0 spiro atoms. The molecule has 0 aromatic heterocycles. The summed E-state index contributed by atoms with van der Waals surface area (Å²) in [6, 6.07) is 0. The van der Waals surface area contributed by atoms with E-state index in [1.807, 2.05) is 13.8 Å². The van der Waals surface area contributed by atoms with E-state index in [0.29, 0.717) is 12.8 Å². The molecule has 98 valence electrons. The van der Waals surface area contributed by atoms with Gasteiger partial charge in [-0.15, -0.1) is 3.94 Å². The molecule has 0 saturated carbocycles. The molecule has 0 atom stereocenters. The third-order valence-electron chi connectivity index (χ3n) is 2.15. The number of rotatable bonds is 6. The van der Waals surface area contributed by atoms with Crippen LogP contribution in [0.2, 0.25) is 0 Å². The van der Waals surface area contributed by atoms with Crippen molar-refractivity contribution in [1.29, 1.82) is 0 Å². The summed E-state index contributed by atoms with van der Waals surface area (Å²) in [6.07, 6.45) is 0.939. The number of carbonyl (C=O) groups excluding carboxylic acids is 1. The predicted molar refractivity (Wildman–Crippen MR) is 64.8 cm³/mol. The van der Waals surface area contributed by atoms with Crippen LogP contribution >= 0.6 is 23.6 Å². The maximum Gasteiger partial charge on any atom is 0.140 e. The molecular formula is C10H21Cl3N2O. The third kappa shape index (κ3) is 8.59. The lowest BCUT2D eigenvalue weighted by Gasteiger charge is -2.28. The number of hydrogen-bond donors (Lipinski definition) is 0. The predicted octanol–water partition coefficient (Wildman–Crippen LogP) is -0.566. The van der Waals surface area contributed by atoms with Crippen molar-refractivity contribution in [2.24, 2.45) is 0 Å². The number of hydrogen-bond acceptors (Lipinski definition) is 2. The second-order valence-electron chi connectivity index (χ2n) is 5.52. The summed E-state index contributed by atoms with van der Waals surface area (Å²) >= 11 is 11.3. The summed E-state index contributed by atoms with van der Waals surface area (Å²) in [7, 11) is 6.19. The van der Waals surface area contributed by atoms with Gasteiger partial charge in [-0.05, 0) is 37.4 Å². The van der Waals surface area contributed by atoms with Gasteiger partial charge in [0.05, 0.1) is 39.6 Å². The van der Waals surface area contributed by atoms with E-state index in [1.54, 1.807) is 0 Å². The van der Waals surface area contributed by atoms with E-state index >= 15 is 0 Å². The lowest BCUT2D eigenvalue weighted by Crippen LogP contribution is -3.00. The Bertz CT molecular complexity index is 225. The van der Waals surface area contributed by atoms with E-state index in [2.05, 4.69) is 21.1 Å². The molecule has 0 amide bonds. The van der Waals surface area contributed by atoms with Crippen LogP contribution in [-0.4, -0.2) is 47.4 Å². The van der Waals surface area contributed by atoms with Gasteiger partial charge in [0.15, 0.2) is 0 Å². The van der Waals surface area contributed by atoms with Crippen molar-refractivity contribution in [3.8, 4) is 0 Å². The molecule has 0 rings (SSSR count). The Morgan fingerprint density at radius 3 is 2.00 bits per heavy atom. The molecular weight excluding hydrogens is 270 g/mol. The molecule has 0 radical (unpaired) electrons. The first-order valence-electron chi connectivity index (χ1n) is 4.98. The Kier molecular flexibility index (Phi) is 8.25. The normalized spacial score (nSPS) is 12.5. The average molecular weight is 292 g/mol. The topological polar surface area (TPSA) is 20.3 Å². The molecule has 0 heterocycles. The minimum atomic E-state index is -0.495. The summed E-state index contributed by atoms with van der Waals surface area (Å²) in [5, 5.41) is 0. The Balaban J connectivity index is 0. The van der Waals surface area contributed by atoms with Crippen LogP contribution in [-0.2, 0) is 4.79 Å². The summed E-state index contributed by atoms with van der Waals surface area (Å²) in [5.41, 5.74) is -0.495. The third-order valence-corrected chi connectivity index (χ3v) is 3.06. The molecule has 0 saturated heterocycles. The zero-order valence-corrected chi connectivity index (χ0v) is 12.8. The maximum absolute atomic E-state index is 11.7. The van der Waals surface area contributed by atoms with Gasteiger partial charge in [0.2, 0.25) is 0 Å². The lowest BCUT2D eigenvalue weighted by molar-refractivity contribution is -0.869. The molecule has 6 heteroatoms. The van der Waals surface area contributed by atoms with E-state index in [0.717, 1.165) is 15.0 Å². The van der Waals surface area contributed by atoms with Crippen molar-refractivity contribution in [3.05, 3.63) is 0 Å². The average Bonchev–Trinajstić information content (AvgIpc) is 1.98. The van der Waals surface area contributed by atoms with Crippen molar-refractivity contribution in [2.75, 3.05) is 27.7 Å². The van der Waals surface area contributed by atoms with Gasteiger partial charge in [-0.3, -0.25) is 4.79 Å². The molecule has 0 bridgehead atoms. The molecule has 0 fully saturated rings. The molecule has 0 N–H and O–H groups in total. The zero-order valence-electron chi connectivity index (χ0n) is 10.6. The molecule has 0 aromatic carbocycles. The monoisotopic (exact) mass is 290 g/mol. The summed E-state index contributed by atoms with van der Waals surface area (Å²) in [4.78, 5) is 11.7. The van der Waals surface area contributed by atoms with E-state index in [1.165, 1.54) is 0 Å². The first-order chi connectivity index (χ1) is 6.54. The fourth-order valence-electron chi connectivity index (χ4n) is 1.09. The molecule has 3 nitrogen and oxygen atoms in total. The number of ketones is 1. The summed E-state index contributed by atoms with van der Waals surface area (Å²) < 4.78 is 1.84. The van der Waals surface area contributed by atoms with Gasteiger partial charge in [0, 0.05) is 6.42 Å². The van der Waals surface area contributed by atoms with Gasteiger partial charge >= 0.3 is 0 Å². The smallest absolute Gasteiger partial charge is 0.140 e. The quantitative estimate of drug-likeness (QED) is 0.483. The number of quaternary nitrogens is 1. The highest BCUT2D eigenvalue weighted by Crippen LogP contribution is 2.24. The molecule has 0 unspecified atom stereocenters. The fraction of sp³-hybridized carbons (Fsp3) is 0.900. The minimum Gasteiger partial charge on any atom is -1.00 e. The van der Waals surface area contributed by atoms with Crippen molar-refractivity contribution in [3.63, 3.8) is 0 Å². The second-order valence-corrected chi connectivity index (χ2v) is 6.37. The van der Waals surface area contributed by atoms with Crippen molar-refractivity contribution >= 4 is 29.3 Å². The number of nitrogens with zero attached hydrogens (tertiary/aromatic N) is 2. The van der Waals surface area contributed by atoms with Crippen LogP contribution in [0.3, 0.4) is 0 Å². The number of halogens is 3. The standard InChI is InChI=1S/C10H21Cl2N2O.ClH/c1-10(2,13(11)12)8-9(15)6-7-14(3,4)5;/h6-8H2,1-5H3;1H/q+1;/p-1. The lowest BCUT2D eigenvalue weighted by atomic mass is 9.97. The van der Waals surface area contributed by atoms with Crippen LogP contribution in [0.4, 0.5) is 0 Å². The van der Waals surface area contributed by atoms with Crippen molar-refractivity contribution < 1.29 is 21.7 Å². The van der Waals surface area contributed by atoms with E-state index in [4.69, 9.17) is 23.6 Å². The van der Waals surface area contributed by atoms with E-state index in [-0.39, 0.29) is 18.2 Å². The largest absolute Gasteiger partial charge is 1.00 e. The summed E-state index contributed by atoms with van der Waals surface area (Å²) in [5.74, 6) is 0.194. The van der Waals surface area contributed by atoms with Gasteiger partial charge in [0.1, 0.15) is 5.78 Å². The Morgan fingerprint density at radius 2 is 1.69 bits per heavy atom. The zero-order chi connectivity index (χ0) is 12.3. The highest BCUT2D eigenvalue weighted by Gasteiger charge is 2.28. The van der Waals surface area contributed by atoms with Gasteiger partial charge in [0.25, 0.3) is 0 Å². The maximum atomic E-state index is 11.7. The van der Waals surface area contributed by atoms with Crippen molar-refractivity contribution in [2.45, 2.75) is 32.2 Å². The number of carbonyl (C=O) groups is 1.